The molecule has 1 saturated heterocycles. The van der Waals surface area contributed by atoms with Crippen LogP contribution < -0.4 is 15.0 Å². The lowest BCUT2D eigenvalue weighted by Gasteiger charge is -2.46. The molecule has 4 rings (SSSR count). The molecule has 0 unspecified atom stereocenters. The van der Waals surface area contributed by atoms with Crippen LogP contribution in [-0.2, 0) is 11.3 Å². The average molecular weight is 493 g/mol. The minimum atomic E-state index is -4.80. The van der Waals surface area contributed by atoms with Crippen molar-refractivity contribution >= 4 is 22.8 Å². The minimum Gasteiger partial charge on any atom is -0.444 e. The molecule has 0 spiro atoms. The summed E-state index contributed by atoms with van der Waals surface area (Å²) >= 11 is 0. The number of halogens is 3. The molecule has 3 aromatic rings. The zero-order chi connectivity index (χ0) is 25.6. The van der Waals surface area contributed by atoms with E-state index in [2.05, 4.69) is 20.1 Å². The lowest BCUT2D eigenvalue weighted by molar-refractivity contribution is -0.274. The summed E-state index contributed by atoms with van der Waals surface area (Å²) in [6.45, 7) is 7.82. The molecule has 0 bridgehead atoms. The number of benzene rings is 1. The highest BCUT2D eigenvalue weighted by Crippen LogP contribution is 2.35. The van der Waals surface area contributed by atoms with Gasteiger partial charge in [0.15, 0.2) is 5.65 Å². The molecule has 0 aliphatic carbocycles. The smallest absolute Gasteiger partial charge is 0.444 e. The number of nitrogens with one attached hydrogen (secondary N) is 1. The van der Waals surface area contributed by atoms with Crippen molar-refractivity contribution in [1.82, 2.24) is 20.1 Å². The molecule has 1 aliphatic rings. The number of anilines is 1. The molecule has 188 valence electrons. The van der Waals surface area contributed by atoms with E-state index in [1.807, 2.05) is 4.90 Å². The van der Waals surface area contributed by atoms with Gasteiger partial charge in [0.2, 0.25) is 0 Å². The van der Waals surface area contributed by atoms with Gasteiger partial charge in [0.05, 0.1) is 34.6 Å². The third kappa shape index (κ3) is 5.76. The first kappa shape index (κ1) is 24.6. The molecule has 2 N–H and O–H groups in total. The van der Waals surface area contributed by atoms with Gasteiger partial charge in [-0.3, -0.25) is 0 Å². The van der Waals surface area contributed by atoms with E-state index in [4.69, 9.17) is 4.74 Å². The summed E-state index contributed by atoms with van der Waals surface area (Å²) in [6, 6.07) is 7.03. The number of pyridine rings is 1. The van der Waals surface area contributed by atoms with Gasteiger partial charge in [0, 0.05) is 19.3 Å². The van der Waals surface area contributed by atoms with E-state index < -0.39 is 23.7 Å². The zero-order valence-electron chi connectivity index (χ0n) is 19.7. The lowest BCUT2D eigenvalue weighted by atomic mass is 9.95. The highest BCUT2D eigenvalue weighted by atomic mass is 19.4. The number of hydrogen-bond acceptors (Lipinski definition) is 7. The van der Waals surface area contributed by atoms with E-state index in [9.17, 15) is 23.1 Å². The zero-order valence-corrected chi connectivity index (χ0v) is 19.7. The highest BCUT2D eigenvalue weighted by molar-refractivity contribution is 5.93. The van der Waals surface area contributed by atoms with Gasteiger partial charge in [0.1, 0.15) is 11.4 Å². The molecule has 3 heterocycles. The molecule has 9 nitrogen and oxygen atoms in total. The Morgan fingerprint density at radius 1 is 1.17 bits per heavy atom. The maximum atomic E-state index is 12.5. The fourth-order valence-electron chi connectivity index (χ4n) is 3.87. The summed E-state index contributed by atoms with van der Waals surface area (Å²) in [4.78, 5) is 18.6. The molecule has 2 aromatic heterocycles. The van der Waals surface area contributed by atoms with Crippen LogP contribution in [0.15, 0.2) is 36.5 Å². The van der Waals surface area contributed by atoms with Gasteiger partial charge in [-0.15, -0.1) is 13.2 Å². The number of fused-ring (bicyclic) bond motifs is 1. The van der Waals surface area contributed by atoms with Crippen LogP contribution in [0.2, 0.25) is 0 Å². The second-order valence-corrected chi connectivity index (χ2v) is 9.64. The third-order valence-electron chi connectivity index (χ3n) is 5.14. The molecular weight excluding hydrogens is 467 g/mol. The quantitative estimate of drug-likeness (QED) is 0.556. The van der Waals surface area contributed by atoms with Crippen LogP contribution in [0.4, 0.5) is 23.7 Å². The Balaban J connectivity index is 1.71. The summed E-state index contributed by atoms with van der Waals surface area (Å²) in [5.41, 5.74) is 0.644. The largest absolute Gasteiger partial charge is 0.573 e. The van der Waals surface area contributed by atoms with Crippen LogP contribution in [0.1, 0.15) is 33.4 Å². The van der Waals surface area contributed by atoms with Gasteiger partial charge >= 0.3 is 12.5 Å². The fourth-order valence-corrected chi connectivity index (χ4v) is 3.87. The summed E-state index contributed by atoms with van der Waals surface area (Å²) in [7, 11) is 0. The number of nitrogens with zero attached hydrogens (tertiary/aromatic N) is 4. The molecule has 1 aliphatic heterocycles. The SMILES string of the molecule is CC1(O)CN(c2ccnc3c2c(CNC(=O)OC(C)(C)C)nn3-c2ccc(OC(F)(F)F)cc2)C1. The van der Waals surface area contributed by atoms with E-state index in [0.717, 1.165) is 5.69 Å². The summed E-state index contributed by atoms with van der Waals surface area (Å²) in [5, 5.41) is 18.2. The Bertz CT molecular complexity index is 1220. The van der Waals surface area contributed by atoms with Crippen LogP contribution in [0.3, 0.4) is 0 Å². The van der Waals surface area contributed by atoms with Gasteiger partial charge in [-0.25, -0.2) is 14.5 Å². The van der Waals surface area contributed by atoms with Crippen LogP contribution in [0, 0.1) is 0 Å². The predicted molar refractivity (Wildman–Crippen MR) is 121 cm³/mol. The van der Waals surface area contributed by atoms with Crippen LogP contribution in [0.5, 0.6) is 5.75 Å². The summed E-state index contributed by atoms with van der Waals surface area (Å²) in [5.74, 6) is -0.360. The number of alkyl halides is 3. The molecule has 1 fully saturated rings. The van der Waals surface area contributed by atoms with Crippen molar-refractivity contribution in [1.29, 1.82) is 0 Å². The van der Waals surface area contributed by atoms with E-state index in [1.54, 1.807) is 40.0 Å². The van der Waals surface area contributed by atoms with E-state index in [1.165, 1.54) is 28.9 Å². The Morgan fingerprint density at radius 2 is 1.83 bits per heavy atom. The Labute approximate surface area is 199 Å². The number of β-amino-alcohol motifs (C(OH)–C–C–N with tert-alkyl or cyclic N) is 1. The van der Waals surface area contributed by atoms with Crippen LogP contribution >= 0.6 is 0 Å². The average Bonchev–Trinajstić information content (AvgIpc) is 3.07. The number of alkyl carbamates (subject to hydrolysis) is 1. The van der Waals surface area contributed by atoms with Crippen molar-refractivity contribution in [3.05, 3.63) is 42.2 Å². The Hall–Kier alpha value is -3.54. The van der Waals surface area contributed by atoms with Crippen LogP contribution in [-0.4, -0.2) is 56.6 Å². The number of ether oxygens (including phenoxy) is 2. The first-order valence-corrected chi connectivity index (χ1v) is 10.9. The summed E-state index contributed by atoms with van der Waals surface area (Å²) in [6.07, 6.45) is -3.82. The van der Waals surface area contributed by atoms with Crippen molar-refractivity contribution < 1.29 is 32.5 Å². The van der Waals surface area contributed by atoms with Gasteiger partial charge in [-0.05, 0) is 58.0 Å². The summed E-state index contributed by atoms with van der Waals surface area (Å²) < 4.78 is 48.3. The van der Waals surface area contributed by atoms with Gasteiger partial charge in [-0.2, -0.15) is 5.10 Å². The molecule has 1 aromatic carbocycles. The number of carbonyl (C=O) groups excluding carboxylic acids is 1. The van der Waals surface area contributed by atoms with Crippen molar-refractivity contribution in [2.75, 3.05) is 18.0 Å². The van der Waals surface area contributed by atoms with Crippen molar-refractivity contribution in [3.63, 3.8) is 0 Å². The normalized spacial score (nSPS) is 15.6. The predicted octanol–water partition coefficient (Wildman–Crippen LogP) is 3.91. The standard InChI is InChI=1S/C23H26F3N5O4/c1-21(2,3)35-20(32)28-11-16-18-17(30-12-22(4,33)13-30)9-10-27-19(18)31(29-16)14-5-7-15(8-6-14)34-23(24,25)26/h5-10,33H,11-13H2,1-4H3,(H,28,32). The molecule has 1 amide bonds. The number of hydrogen-bond donors (Lipinski definition) is 2. The van der Waals surface area contributed by atoms with Crippen molar-refractivity contribution in [2.24, 2.45) is 0 Å². The van der Waals surface area contributed by atoms with E-state index in [0.29, 0.717) is 35.5 Å². The number of aromatic nitrogens is 3. The Morgan fingerprint density at radius 3 is 2.40 bits per heavy atom. The van der Waals surface area contributed by atoms with Crippen molar-refractivity contribution in [2.45, 2.75) is 51.8 Å². The minimum absolute atomic E-state index is 0.0244. The second kappa shape index (κ2) is 8.59. The first-order chi connectivity index (χ1) is 16.2. The molecule has 35 heavy (non-hydrogen) atoms. The number of rotatable bonds is 5. The van der Waals surface area contributed by atoms with Gasteiger partial charge < -0.3 is 24.8 Å². The number of aliphatic hydroxyl groups is 1. The van der Waals surface area contributed by atoms with Crippen molar-refractivity contribution in [3.8, 4) is 11.4 Å². The highest BCUT2D eigenvalue weighted by Gasteiger charge is 2.38. The maximum Gasteiger partial charge on any atom is 0.573 e. The lowest BCUT2D eigenvalue weighted by Crippen LogP contribution is -2.60. The van der Waals surface area contributed by atoms with Gasteiger partial charge in [-0.1, -0.05) is 0 Å². The van der Waals surface area contributed by atoms with E-state index in [-0.39, 0.29) is 12.3 Å². The van der Waals surface area contributed by atoms with E-state index >= 15 is 0 Å². The molecule has 0 atom stereocenters. The first-order valence-electron chi connectivity index (χ1n) is 10.9. The maximum absolute atomic E-state index is 12.5. The van der Waals surface area contributed by atoms with Crippen LogP contribution in [0.25, 0.3) is 16.7 Å². The molecule has 0 radical (unpaired) electrons. The molecular formula is C23H26F3N5O4. The van der Waals surface area contributed by atoms with Gasteiger partial charge in [0.25, 0.3) is 0 Å². The fraction of sp³-hybridized carbons (Fsp3) is 0.435. The number of amides is 1. The Kier molecular flexibility index (Phi) is 6.04. The topological polar surface area (TPSA) is 102 Å². The molecule has 12 heteroatoms. The third-order valence-corrected chi connectivity index (χ3v) is 5.14. The monoisotopic (exact) mass is 493 g/mol. The number of carbonyl (C=O) groups is 1. The second-order valence-electron chi connectivity index (χ2n) is 9.64. The molecule has 0 saturated carbocycles.